The van der Waals surface area contributed by atoms with Crippen molar-refractivity contribution in [2.45, 2.75) is 16.6 Å². The number of carbonyl (C=O) groups excluding carboxylic acids is 2. The number of nitrogens with one attached hydrogen (secondary N) is 1. The van der Waals surface area contributed by atoms with Crippen LogP contribution in [0.25, 0.3) is 0 Å². The molecule has 1 aromatic heterocycles. The summed E-state index contributed by atoms with van der Waals surface area (Å²) in [5.74, 6) is -2.46. The van der Waals surface area contributed by atoms with Gasteiger partial charge in [0.05, 0.1) is 21.5 Å². The number of rotatable bonds is 8. The smallest absolute Gasteiger partial charge is 0.352 e. The second-order valence-corrected chi connectivity index (χ2v) is 9.29. The Morgan fingerprint density at radius 3 is 2.46 bits per heavy atom. The summed E-state index contributed by atoms with van der Waals surface area (Å²) in [6.07, 6.45) is 0. The minimum atomic E-state index is -1.31. The minimum absolute atomic E-state index is 0.196. The topological polar surface area (TPSA) is 217 Å². The maximum Gasteiger partial charge on any atom is 0.352 e. The molecule has 3 heterocycles. The fourth-order valence-corrected chi connectivity index (χ4v) is 5.79. The molecule has 16 nitrogen and oxygen atoms in total. The number of aliphatic carboxylic acids is 1. The number of carbonyl (C=O) groups is 3. The van der Waals surface area contributed by atoms with Crippen LogP contribution in [0.3, 0.4) is 0 Å². The van der Waals surface area contributed by atoms with Gasteiger partial charge in [-0.25, -0.2) is 9.48 Å². The van der Waals surface area contributed by atoms with Crippen LogP contribution in [0, 0.1) is 20.2 Å². The van der Waals surface area contributed by atoms with Gasteiger partial charge in [-0.1, -0.05) is 11.8 Å². The van der Waals surface area contributed by atoms with Crippen LogP contribution in [-0.2, 0) is 16.6 Å². The molecule has 0 aliphatic carbocycles. The lowest BCUT2D eigenvalue weighted by molar-refractivity contribution is -0.394. The number of nitro groups is 2. The number of tetrazole rings is 1. The number of hydrogen-bond acceptors (Lipinski definition) is 12. The van der Waals surface area contributed by atoms with E-state index in [4.69, 9.17) is 0 Å². The highest BCUT2D eigenvalue weighted by Crippen LogP contribution is 2.41. The Balaban J connectivity index is 1.52. The highest BCUT2D eigenvalue weighted by Gasteiger charge is 2.54. The van der Waals surface area contributed by atoms with Gasteiger partial charge in [-0.15, -0.1) is 16.9 Å². The van der Waals surface area contributed by atoms with Gasteiger partial charge >= 0.3 is 5.97 Å². The Bertz CT molecular complexity index is 1280. The lowest BCUT2D eigenvalue weighted by Crippen LogP contribution is -2.70. The van der Waals surface area contributed by atoms with Gasteiger partial charge in [0.15, 0.2) is 0 Å². The lowest BCUT2D eigenvalue weighted by atomic mass is 10.0. The third kappa shape index (κ3) is 4.52. The van der Waals surface area contributed by atoms with Gasteiger partial charge in [-0.2, -0.15) is 0 Å². The van der Waals surface area contributed by atoms with Gasteiger partial charge in [-0.05, 0) is 16.0 Å². The van der Waals surface area contributed by atoms with Crippen molar-refractivity contribution >= 4 is 52.7 Å². The van der Waals surface area contributed by atoms with E-state index < -0.39 is 50.4 Å². The van der Waals surface area contributed by atoms with E-state index in [0.717, 1.165) is 17.0 Å². The van der Waals surface area contributed by atoms with Gasteiger partial charge in [-0.3, -0.25) is 34.7 Å². The summed E-state index contributed by atoms with van der Waals surface area (Å²) in [6, 6.07) is 1.31. The van der Waals surface area contributed by atoms with Crippen molar-refractivity contribution in [1.29, 1.82) is 0 Å². The molecule has 2 atom stereocenters. The second kappa shape index (κ2) is 9.29. The van der Waals surface area contributed by atoms with Gasteiger partial charge in [0.2, 0.25) is 5.16 Å². The van der Waals surface area contributed by atoms with E-state index in [1.807, 2.05) is 0 Å². The Hall–Kier alpha value is -4.06. The van der Waals surface area contributed by atoms with Crippen molar-refractivity contribution in [3.05, 3.63) is 55.3 Å². The number of carboxylic acid groups (broad SMARTS) is 1. The van der Waals surface area contributed by atoms with E-state index in [0.29, 0.717) is 16.8 Å². The number of non-ortho nitro benzene ring substituents is 2. The fraction of sp³-hybridized carbons (Fsp3) is 0.294. The molecule has 0 spiro atoms. The van der Waals surface area contributed by atoms with Crippen LogP contribution in [0.2, 0.25) is 0 Å². The van der Waals surface area contributed by atoms with Crippen molar-refractivity contribution in [2.75, 3.05) is 11.5 Å². The maximum atomic E-state index is 12.8. The van der Waals surface area contributed by atoms with Gasteiger partial charge in [0, 0.05) is 30.7 Å². The molecular weight excluding hydrogens is 508 g/mol. The molecule has 4 rings (SSSR count). The van der Waals surface area contributed by atoms with Crippen molar-refractivity contribution < 1.29 is 29.3 Å². The summed E-state index contributed by atoms with van der Waals surface area (Å²) < 4.78 is 1.42. The molecule has 1 saturated heterocycles. The predicted molar refractivity (Wildman–Crippen MR) is 118 cm³/mol. The summed E-state index contributed by atoms with van der Waals surface area (Å²) in [6.45, 7) is 0. The number of aromatic nitrogens is 4. The molecule has 0 bridgehead atoms. The zero-order valence-electron chi connectivity index (χ0n) is 17.6. The highest BCUT2D eigenvalue weighted by molar-refractivity contribution is 8.01. The van der Waals surface area contributed by atoms with Crippen molar-refractivity contribution in [1.82, 2.24) is 30.4 Å². The normalized spacial score (nSPS) is 19.1. The summed E-state index contributed by atoms with van der Waals surface area (Å²) in [7, 11) is 1.63. The van der Waals surface area contributed by atoms with Crippen LogP contribution in [-0.4, -0.2) is 80.8 Å². The number of benzene rings is 1. The molecule has 1 aromatic carbocycles. The SMILES string of the molecule is Cn1nnnc1SCC1=C(C(=O)O)N2C(=O)[C@@H](NC(=O)c3cc([N+](=O)[O-])cc([N+](=O)[O-])c3)[C@H]2SC1. The first-order chi connectivity index (χ1) is 16.6. The molecule has 2 aliphatic heterocycles. The molecule has 0 saturated carbocycles. The molecule has 2 aliphatic rings. The molecule has 2 aromatic rings. The third-order valence-electron chi connectivity index (χ3n) is 5.08. The van der Waals surface area contributed by atoms with Crippen molar-refractivity contribution in [3.8, 4) is 0 Å². The Kier molecular flexibility index (Phi) is 6.39. The molecule has 0 radical (unpaired) electrons. The largest absolute Gasteiger partial charge is 0.477 e. The predicted octanol–water partition coefficient (Wildman–Crippen LogP) is 0.171. The lowest BCUT2D eigenvalue weighted by Gasteiger charge is -2.49. The fourth-order valence-electron chi connectivity index (χ4n) is 3.45. The molecule has 0 unspecified atom stereocenters. The number of aryl methyl sites for hydroxylation is 1. The summed E-state index contributed by atoms with van der Waals surface area (Å²) >= 11 is 2.43. The molecule has 18 heteroatoms. The van der Waals surface area contributed by atoms with Crippen molar-refractivity contribution in [2.24, 2.45) is 7.05 Å². The third-order valence-corrected chi connectivity index (χ3v) is 7.52. The van der Waals surface area contributed by atoms with Crippen LogP contribution in [0.15, 0.2) is 34.6 Å². The van der Waals surface area contributed by atoms with Crippen LogP contribution < -0.4 is 5.32 Å². The molecule has 2 amide bonds. The number of nitrogens with zero attached hydrogens (tertiary/aromatic N) is 7. The summed E-state index contributed by atoms with van der Waals surface area (Å²) in [5.41, 5.74) is -1.41. The first-order valence-electron chi connectivity index (χ1n) is 9.58. The van der Waals surface area contributed by atoms with E-state index in [1.54, 1.807) is 7.05 Å². The monoisotopic (exact) mass is 522 g/mol. The Labute approximate surface area is 203 Å². The first-order valence-corrected chi connectivity index (χ1v) is 11.6. The molecule has 35 heavy (non-hydrogen) atoms. The van der Waals surface area contributed by atoms with Crippen molar-refractivity contribution in [3.63, 3.8) is 0 Å². The Morgan fingerprint density at radius 1 is 1.26 bits per heavy atom. The van der Waals surface area contributed by atoms with Crippen LogP contribution >= 0.6 is 23.5 Å². The molecule has 2 N–H and O–H groups in total. The van der Waals surface area contributed by atoms with E-state index in [1.165, 1.54) is 28.2 Å². The second-order valence-electron chi connectivity index (χ2n) is 7.24. The molecule has 182 valence electrons. The number of β-lactam (4-membered cyclic amide) rings is 1. The van der Waals surface area contributed by atoms with E-state index >= 15 is 0 Å². The number of carboxylic acids is 1. The average molecular weight is 522 g/mol. The standard InChI is InChI=1S/C17H14N8O8S2/c1-22-17(19-20-21-22)35-6-8-5-34-15-11(14(27)23(15)12(8)16(28)29)18-13(26)7-2-9(24(30)31)4-10(3-7)25(32)33/h2-4,11,15H,5-6H2,1H3,(H,18,26)(H,28,29)/t11-,15-/m1/s1. The number of fused-ring (bicyclic) bond motifs is 1. The van der Waals surface area contributed by atoms with Crippen LogP contribution in [0.4, 0.5) is 11.4 Å². The Morgan fingerprint density at radius 2 is 1.91 bits per heavy atom. The minimum Gasteiger partial charge on any atom is -0.477 e. The number of hydrogen-bond donors (Lipinski definition) is 2. The number of amides is 2. The van der Waals surface area contributed by atoms with Gasteiger partial charge in [0.1, 0.15) is 17.1 Å². The number of thioether (sulfide) groups is 2. The molecular formula is C17H14N8O8S2. The quantitative estimate of drug-likeness (QED) is 0.205. The van der Waals surface area contributed by atoms with Gasteiger partial charge < -0.3 is 10.4 Å². The first kappa shape index (κ1) is 24.1. The summed E-state index contributed by atoms with van der Waals surface area (Å²) in [5, 5.41) is 45.0. The van der Waals surface area contributed by atoms with Gasteiger partial charge in [0.25, 0.3) is 23.2 Å². The van der Waals surface area contributed by atoms with Crippen LogP contribution in [0.5, 0.6) is 0 Å². The maximum absolute atomic E-state index is 12.8. The number of nitro benzene ring substituents is 2. The van der Waals surface area contributed by atoms with E-state index in [-0.39, 0.29) is 22.8 Å². The molecule has 1 fully saturated rings. The zero-order valence-corrected chi connectivity index (χ0v) is 19.2. The highest BCUT2D eigenvalue weighted by atomic mass is 32.2. The zero-order chi connectivity index (χ0) is 25.4. The summed E-state index contributed by atoms with van der Waals surface area (Å²) in [4.78, 5) is 58.9. The van der Waals surface area contributed by atoms with E-state index in [9.17, 15) is 39.7 Å². The average Bonchev–Trinajstić information content (AvgIpc) is 3.24. The van der Waals surface area contributed by atoms with Crippen LogP contribution in [0.1, 0.15) is 10.4 Å². The van der Waals surface area contributed by atoms with E-state index in [2.05, 4.69) is 20.8 Å².